The number of nitrogens with one attached hydrogen (secondary N) is 2. The minimum atomic E-state index is 0.187. The third kappa shape index (κ3) is 2.75. The Bertz CT molecular complexity index is 611. The molecule has 20 heavy (non-hydrogen) atoms. The molecule has 0 unspecified atom stereocenters. The van der Waals surface area contributed by atoms with Crippen molar-refractivity contribution in [3.63, 3.8) is 0 Å². The molecule has 4 nitrogen and oxygen atoms in total. The second kappa shape index (κ2) is 5.02. The van der Waals surface area contributed by atoms with Gasteiger partial charge in [-0.2, -0.15) is 0 Å². The summed E-state index contributed by atoms with van der Waals surface area (Å²) >= 11 is 0. The smallest absolute Gasteiger partial charge is 0.231 e. The van der Waals surface area contributed by atoms with Crippen LogP contribution in [0.4, 0.5) is 0 Å². The Balaban J connectivity index is 1.69. The number of rotatable bonds is 4. The van der Waals surface area contributed by atoms with Crippen LogP contribution in [0, 0.1) is 0 Å². The van der Waals surface area contributed by atoms with E-state index in [1.165, 1.54) is 10.9 Å². The fourth-order valence-electron chi connectivity index (χ4n) is 2.52. The number of hydrogen-bond acceptors (Lipinski definition) is 3. The Morgan fingerprint density at radius 2 is 1.95 bits per heavy atom. The molecule has 0 saturated heterocycles. The van der Waals surface area contributed by atoms with Crippen LogP contribution < -0.4 is 14.8 Å². The Morgan fingerprint density at radius 3 is 2.70 bits per heavy atom. The standard InChI is InChI=1S/C16H22N2O2/c1-16(2,3)18-6-4-5-11-9-17-13-8-15-14(7-12(11)13)19-10-20-15/h7-9,17-18H,4-6,10H2,1-3H3. The molecule has 1 aromatic carbocycles. The topological polar surface area (TPSA) is 46.3 Å². The van der Waals surface area contributed by atoms with Gasteiger partial charge in [-0.15, -0.1) is 0 Å². The van der Waals surface area contributed by atoms with Gasteiger partial charge in [-0.05, 0) is 51.8 Å². The summed E-state index contributed by atoms with van der Waals surface area (Å²) in [4.78, 5) is 3.32. The van der Waals surface area contributed by atoms with Gasteiger partial charge in [-0.1, -0.05) is 0 Å². The second-order valence-electron chi connectivity index (χ2n) is 6.35. The summed E-state index contributed by atoms with van der Waals surface area (Å²) in [6.07, 6.45) is 4.28. The lowest BCUT2D eigenvalue weighted by Crippen LogP contribution is -2.36. The van der Waals surface area contributed by atoms with Gasteiger partial charge in [0.2, 0.25) is 6.79 Å². The first-order valence-electron chi connectivity index (χ1n) is 7.17. The van der Waals surface area contributed by atoms with Gasteiger partial charge in [0.15, 0.2) is 11.5 Å². The second-order valence-corrected chi connectivity index (χ2v) is 6.35. The lowest BCUT2D eigenvalue weighted by atomic mass is 10.1. The predicted octanol–water partition coefficient (Wildman–Crippen LogP) is 3.22. The average molecular weight is 274 g/mol. The van der Waals surface area contributed by atoms with E-state index in [-0.39, 0.29) is 5.54 Å². The van der Waals surface area contributed by atoms with Crippen LogP contribution in [0.5, 0.6) is 11.5 Å². The van der Waals surface area contributed by atoms with E-state index >= 15 is 0 Å². The van der Waals surface area contributed by atoms with Gasteiger partial charge in [0.25, 0.3) is 0 Å². The maximum atomic E-state index is 5.45. The molecule has 1 aliphatic heterocycles. The molecule has 108 valence electrons. The fraction of sp³-hybridized carbons (Fsp3) is 0.500. The first-order chi connectivity index (χ1) is 9.53. The van der Waals surface area contributed by atoms with Crippen LogP contribution in [-0.2, 0) is 6.42 Å². The molecule has 0 radical (unpaired) electrons. The van der Waals surface area contributed by atoms with E-state index < -0.39 is 0 Å². The monoisotopic (exact) mass is 274 g/mol. The summed E-state index contributed by atoms with van der Waals surface area (Å²) in [5, 5.41) is 4.76. The number of hydrogen-bond donors (Lipinski definition) is 2. The van der Waals surface area contributed by atoms with Gasteiger partial charge < -0.3 is 19.8 Å². The summed E-state index contributed by atoms with van der Waals surface area (Å²) < 4.78 is 10.9. The van der Waals surface area contributed by atoms with Crippen molar-refractivity contribution >= 4 is 10.9 Å². The number of aryl methyl sites for hydroxylation is 1. The molecule has 2 aromatic rings. The summed E-state index contributed by atoms with van der Waals surface area (Å²) in [7, 11) is 0. The summed E-state index contributed by atoms with van der Waals surface area (Å²) in [6, 6.07) is 4.11. The lowest BCUT2D eigenvalue weighted by molar-refractivity contribution is 0.174. The molecule has 0 atom stereocenters. The third-order valence-corrected chi connectivity index (χ3v) is 3.54. The van der Waals surface area contributed by atoms with Crippen molar-refractivity contribution in [2.75, 3.05) is 13.3 Å². The molecular formula is C16H22N2O2. The number of aromatic amines is 1. The predicted molar refractivity (Wildman–Crippen MR) is 80.5 cm³/mol. The summed E-state index contributed by atoms with van der Waals surface area (Å²) in [6.45, 7) is 7.94. The number of aromatic nitrogens is 1. The molecule has 2 N–H and O–H groups in total. The van der Waals surface area contributed by atoms with Gasteiger partial charge in [0.05, 0.1) is 0 Å². The van der Waals surface area contributed by atoms with E-state index in [2.05, 4.69) is 43.3 Å². The van der Waals surface area contributed by atoms with Crippen molar-refractivity contribution in [2.45, 2.75) is 39.2 Å². The molecule has 2 heterocycles. The van der Waals surface area contributed by atoms with E-state index in [0.29, 0.717) is 6.79 Å². The largest absolute Gasteiger partial charge is 0.454 e. The quantitative estimate of drug-likeness (QED) is 0.842. The normalized spacial score (nSPS) is 14.2. The maximum absolute atomic E-state index is 5.45. The zero-order chi connectivity index (χ0) is 14.2. The van der Waals surface area contributed by atoms with Crippen LogP contribution >= 0.6 is 0 Å². The van der Waals surface area contributed by atoms with Crippen molar-refractivity contribution in [1.82, 2.24) is 10.3 Å². The van der Waals surface area contributed by atoms with Gasteiger partial charge in [0.1, 0.15) is 0 Å². The van der Waals surface area contributed by atoms with Gasteiger partial charge >= 0.3 is 0 Å². The maximum Gasteiger partial charge on any atom is 0.231 e. The Hall–Kier alpha value is -1.68. The van der Waals surface area contributed by atoms with Crippen molar-refractivity contribution in [3.05, 3.63) is 23.9 Å². The number of benzene rings is 1. The highest BCUT2D eigenvalue weighted by Crippen LogP contribution is 2.37. The van der Waals surface area contributed by atoms with Crippen molar-refractivity contribution < 1.29 is 9.47 Å². The summed E-state index contributed by atoms with van der Waals surface area (Å²) in [5.74, 6) is 1.69. The number of ether oxygens (including phenoxy) is 2. The minimum absolute atomic E-state index is 0.187. The highest BCUT2D eigenvalue weighted by molar-refractivity contribution is 5.86. The molecule has 0 spiro atoms. The Labute approximate surface area is 119 Å². The third-order valence-electron chi connectivity index (χ3n) is 3.54. The van der Waals surface area contributed by atoms with E-state index in [1.54, 1.807) is 0 Å². The summed E-state index contributed by atoms with van der Waals surface area (Å²) in [5.41, 5.74) is 2.65. The van der Waals surface area contributed by atoms with Gasteiger partial charge in [-0.25, -0.2) is 0 Å². The van der Waals surface area contributed by atoms with Gasteiger partial charge in [0, 0.05) is 28.7 Å². The van der Waals surface area contributed by atoms with Crippen molar-refractivity contribution in [2.24, 2.45) is 0 Å². The van der Waals surface area contributed by atoms with Crippen LogP contribution in [0.15, 0.2) is 18.3 Å². The highest BCUT2D eigenvalue weighted by Gasteiger charge is 2.16. The van der Waals surface area contributed by atoms with Crippen molar-refractivity contribution in [1.29, 1.82) is 0 Å². The average Bonchev–Trinajstić information content (AvgIpc) is 2.97. The van der Waals surface area contributed by atoms with Crippen LogP contribution in [0.25, 0.3) is 10.9 Å². The molecule has 0 bridgehead atoms. The number of fused-ring (bicyclic) bond motifs is 2. The van der Waals surface area contributed by atoms with Crippen LogP contribution in [0.1, 0.15) is 32.8 Å². The lowest BCUT2D eigenvalue weighted by Gasteiger charge is -2.20. The van der Waals surface area contributed by atoms with E-state index in [9.17, 15) is 0 Å². The van der Waals surface area contributed by atoms with Crippen LogP contribution in [0.2, 0.25) is 0 Å². The molecule has 0 saturated carbocycles. The van der Waals surface area contributed by atoms with Crippen molar-refractivity contribution in [3.8, 4) is 11.5 Å². The van der Waals surface area contributed by atoms with Gasteiger partial charge in [-0.3, -0.25) is 0 Å². The Kier molecular flexibility index (Phi) is 3.34. The van der Waals surface area contributed by atoms with E-state index in [0.717, 1.165) is 36.4 Å². The van der Waals surface area contributed by atoms with E-state index in [4.69, 9.17) is 9.47 Å². The first-order valence-corrected chi connectivity index (χ1v) is 7.17. The molecule has 0 fully saturated rings. The zero-order valence-electron chi connectivity index (χ0n) is 12.4. The molecule has 4 heteroatoms. The van der Waals surface area contributed by atoms with Crippen LogP contribution in [0.3, 0.4) is 0 Å². The minimum Gasteiger partial charge on any atom is -0.454 e. The molecule has 0 amide bonds. The zero-order valence-corrected chi connectivity index (χ0v) is 12.4. The molecule has 3 rings (SSSR count). The molecular weight excluding hydrogens is 252 g/mol. The van der Waals surface area contributed by atoms with Crippen LogP contribution in [-0.4, -0.2) is 23.9 Å². The Morgan fingerprint density at radius 1 is 1.20 bits per heavy atom. The van der Waals surface area contributed by atoms with E-state index in [1.807, 2.05) is 6.07 Å². The highest BCUT2D eigenvalue weighted by atomic mass is 16.7. The first kappa shape index (κ1) is 13.3. The molecule has 0 aliphatic carbocycles. The molecule has 1 aromatic heterocycles. The number of H-pyrrole nitrogens is 1. The molecule has 1 aliphatic rings. The fourth-order valence-corrected chi connectivity index (χ4v) is 2.52. The SMILES string of the molecule is CC(C)(C)NCCCc1c[nH]c2cc3c(cc12)OCO3.